The highest BCUT2D eigenvalue weighted by molar-refractivity contribution is 6.07. The van der Waals surface area contributed by atoms with Crippen LogP contribution in [-0.4, -0.2) is 0 Å². The van der Waals surface area contributed by atoms with Gasteiger partial charge in [-0.3, -0.25) is 0 Å². The zero-order chi connectivity index (χ0) is 30.2. The Kier molecular flexibility index (Phi) is 5.27. The molecule has 0 N–H and O–H groups in total. The van der Waals surface area contributed by atoms with Gasteiger partial charge in [-0.05, 0) is 103 Å². The number of hydrogen-bond acceptors (Lipinski definition) is 1. The molecule has 0 aromatic heterocycles. The fourth-order valence-corrected chi connectivity index (χ4v) is 8.21. The molecule has 1 unspecified atom stereocenters. The zero-order valence-electron chi connectivity index (χ0n) is 25.1. The Morgan fingerprint density at radius 3 is 1.78 bits per heavy atom. The number of fused-ring (bicyclic) bond motifs is 6. The highest BCUT2D eigenvalue weighted by Crippen LogP contribution is 2.59. The van der Waals surface area contributed by atoms with Gasteiger partial charge in [-0.2, -0.15) is 0 Å². The van der Waals surface area contributed by atoms with Crippen LogP contribution >= 0.6 is 0 Å². The zero-order valence-corrected chi connectivity index (χ0v) is 25.1. The lowest BCUT2D eigenvalue weighted by atomic mass is 9.65. The summed E-state index contributed by atoms with van der Waals surface area (Å²) in [5, 5.41) is 4.87. The summed E-state index contributed by atoms with van der Waals surface area (Å²) in [5.74, 6) is 1.82. The molecule has 0 bridgehead atoms. The number of para-hydroxylation sites is 1. The van der Waals surface area contributed by atoms with Crippen molar-refractivity contribution in [1.29, 1.82) is 0 Å². The maximum absolute atomic E-state index is 6.39. The van der Waals surface area contributed by atoms with Gasteiger partial charge in [-0.15, -0.1) is 0 Å². The molecule has 46 heavy (non-hydrogen) atoms. The fourth-order valence-electron chi connectivity index (χ4n) is 8.21. The van der Waals surface area contributed by atoms with E-state index in [4.69, 9.17) is 4.74 Å². The van der Waals surface area contributed by atoms with E-state index in [1.165, 1.54) is 71.6 Å². The molecule has 1 aliphatic carbocycles. The molecule has 0 spiro atoms. The summed E-state index contributed by atoms with van der Waals surface area (Å²) >= 11 is 0. The lowest BCUT2D eigenvalue weighted by Crippen LogP contribution is -2.29. The first kappa shape index (κ1) is 25.4. The Labute approximate surface area is 268 Å². The standard InChI is InChI=1S/C45H28O/c1-2-16-33(17-3-1)45(40-22-10-7-19-35(40)37-26-29-13-4-5-14-30(29)28-41(37)45)39-21-9-6-18-34(39)32-25-31-15-12-24-43-44(31)38(27-32)36-20-8-11-23-42(36)46-43/h1-28H. The predicted molar refractivity (Wildman–Crippen MR) is 190 cm³/mol. The van der Waals surface area contributed by atoms with Gasteiger partial charge in [0.05, 0.1) is 5.41 Å². The molecule has 1 atom stereocenters. The van der Waals surface area contributed by atoms with Crippen LogP contribution in [0.15, 0.2) is 170 Å². The van der Waals surface area contributed by atoms with E-state index in [1.807, 2.05) is 6.07 Å². The maximum Gasteiger partial charge on any atom is 0.135 e. The lowest BCUT2D eigenvalue weighted by Gasteiger charge is -2.36. The van der Waals surface area contributed by atoms with Crippen molar-refractivity contribution in [1.82, 2.24) is 0 Å². The van der Waals surface area contributed by atoms with E-state index in [-0.39, 0.29) is 0 Å². The minimum absolute atomic E-state index is 0.511. The van der Waals surface area contributed by atoms with Crippen LogP contribution < -0.4 is 4.74 Å². The molecule has 2 aliphatic rings. The molecule has 0 fully saturated rings. The second kappa shape index (κ2) is 9.54. The average Bonchev–Trinajstić information content (AvgIpc) is 3.41. The maximum atomic E-state index is 6.39. The molecular weight excluding hydrogens is 556 g/mol. The predicted octanol–water partition coefficient (Wildman–Crippen LogP) is 11.8. The van der Waals surface area contributed by atoms with Crippen LogP contribution in [0, 0.1) is 0 Å². The molecule has 0 radical (unpaired) electrons. The van der Waals surface area contributed by atoms with Crippen LogP contribution in [0.25, 0.3) is 54.9 Å². The van der Waals surface area contributed by atoms with E-state index in [9.17, 15) is 0 Å². The van der Waals surface area contributed by atoms with Crippen molar-refractivity contribution in [2.75, 3.05) is 0 Å². The average molecular weight is 585 g/mol. The summed E-state index contributed by atoms with van der Waals surface area (Å²) in [6.45, 7) is 0. The first-order valence-electron chi connectivity index (χ1n) is 15.9. The van der Waals surface area contributed by atoms with Gasteiger partial charge >= 0.3 is 0 Å². The van der Waals surface area contributed by atoms with Gasteiger partial charge in [0, 0.05) is 10.9 Å². The molecule has 1 nitrogen and oxygen atoms in total. The molecule has 10 rings (SSSR count). The van der Waals surface area contributed by atoms with E-state index in [1.54, 1.807) is 0 Å². The minimum Gasteiger partial charge on any atom is -0.456 e. The molecule has 1 aliphatic heterocycles. The number of rotatable bonds is 3. The summed E-state index contributed by atoms with van der Waals surface area (Å²) in [6, 6.07) is 62.3. The first-order chi connectivity index (χ1) is 22.8. The molecule has 8 aromatic carbocycles. The third-order valence-corrected chi connectivity index (χ3v) is 10.1. The SMILES string of the molecule is c1ccc(C2(c3ccccc3-c3cc4c5c(cccc5c3)Oc3ccccc3-4)c3ccccc3-c3cc4ccccc4cc32)cc1. The van der Waals surface area contributed by atoms with Crippen LogP contribution in [0.4, 0.5) is 0 Å². The molecule has 214 valence electrons. The quantitative estimate of drug-likeness (QED) is 0.201. The van der Waals surface area contributed by atoms with Crippen molar-refractivity contribution in [2.24, 2.45) is 0 Å². The van der Waals surface area contributed by atoms with E-state index in [2.05, 4.69) is 164 Å². The fraction of sp³-hybridized carbons (Fsp3) is 0.0222. The van der Waals surface area contributed by atoms with Crippen LogP contribution in [-0.2, 0) is 5.41 Å². The molecule has 0 saturated carbocycles. The molecule has 1 heteroatoms. The summed E-state index contributed by atoms with van der Waals surface area (Å²) in [7, 11) is 0. The summed E-state index contributed by atoms with van der Waals surface area (Å²) < 4.78 is 6.39. The molecule has 8 aromatic rings. The van der Waals surface area contributed by atoms with Gasteiger partial charge in [-0.25, -0.2) is 0 Å². The number of hydrogen-bond donors (Lipinski definition) is 0. The third-order valence-electron chi connectivity index (χ3n) is 10.1. The third kappa shape index (κ3) is 3.40. The summed E-state index contributed by atoms with van der Waals surface area (Å²) in [6.07, 6.45) is 0. The van der Waals surface area contributed by atoms with E-state index in [0.29, 0.717) is 0 Å². The second-order valence-corrected chi connectivity index (χ2v) is 12.4. The number of ether oxygens (including phenoxy) is 1. The van der Waals surface area contributed by atoms with Gasteiger partial charge in [0.2, 0.25) is 0 Å². The van der Waals surface area contributed by atoms with Crippen molar-refractivity contribution in [2.45, 2.75) is 5.41 Å². The van der Waals surface area contributed by atoms with Crippen LogP contribution in [0.2, 0.25) is 0 Å². The molecule has 1 heterocycles. The smallest absolute Gasteiger partial charge is 0.135 e. The summed E-state index contributed by atoms with van der Waals surface area (Å²) in [4.78, 5) is 0. The van der Waals surface area contributed by atoms with Gasteiger partial charge in [0.1, 0.15) is 11.5 Å². The highest BCUT2D eigenvalue weighted by atomic mass is 16.5. The van der Waals surface area contributed by atoms with Crippen molar-refractivity contribution in [3.8, 4) is 44.9 Å². The topological polar surface area (TPSA) is 9.23 Å². The second-order valence-electron chi connectivity index (χ2n) is 12.4. The highest BCUT2D eigenvalue weighted by Gasteiger charge is 2.47. The summed E-state index contributed by atoms with van der Waals surface area (Å²) in [5.41, 5.74) is 12.1. The first-order valence-corrected chi connectivity index (χ1v) is 15.9. The van der Waals surface area contributed by atoms with E-state index in [0.717, 1.165) is 17.1 Å². The van der Waals surface area contributed by atoms with Crippen LogP contribution in [0.3, 0.4) is 0 Å². The van der Waals surface area contributed by atoms with Crippen molar-refractivity contribution >= 4 is 21.5 Å². The Morgan fingerprint density at radius 2 is 0.957 bits per heavy atom. The van der Waals surface area contributed by atoms with Crippen LogP contribution in [0.1, 0.15) is 22.3 Å². The van der Waals surface area contributed by atoms with Crippen molar-refractivity contribution in [3.05, 3.63) is 192 Å². The van der Waals surface area contributed by atoms with Crippen molar-refractivity contribution in [3.63, 3.8) is 0 Å². The Bertz CT molecular complexity index is 2510. The number of benzene rings is 8. The lowest BCUT2D eigenvalue weighted by molar-refractivity contribution is 0.487. The van der Waals surface area contributed by atoms with Crippen molar-refractivity contribution < 1.29 is 4.74 Å². The van der Waals surface area contributed by atoms with Gasteiger partial charge < -0.3 is 4.74 Å². The molecular formula is C45H28O. The normalized spacial score (nSPS) is 15.7. The Balaban J connectivity index is 1.33. The molecule has 0 amide bonds. The van der Waals surface area contributed by atoms with Gasteiger partial charge in [-0.1, -0.05) is 133 Å². The van der Waals surface area contributed by atoms with Gasteiger partial charge in [0.15, 0.2) is 0 Å². The Hall–Kier alpha value is -5.92. The van der Waals surface area contributed by atoms with E-state index < -0.39 is 5.41 Å². The minimum atomic E-state index is -0.511. The van der Waals surface area contributed by atoms with Crippen LogP contribution in [0.5, 0.6) is 11.5 Å². The van der Waals surface area contributed by atoms with Gasteiger partial charge in [0.25, 0.3) is 0 Å². The monoisotopic (exact) mass is 584 g/mol. The van der Waals surface area contributed by atoms with E-state index >= 15 is 0 Å². The molecule has 0 saturated heterocycles. The largest absolute Gasteiger partial charge is 0.456 e. The Morgan fingerprint density at radius 1 is 0.348 bits per heavy atom.